The van der Waals surface area contributed by atoms with Gasteiger partial charge in [-0.25, -0.2) is 14.6 Å². The zero-order valence-electron chi connectivity index (χ0n) is 18.5. The molecule has 2 aromatic heterocycles. The van der Waals surface area contributed by atoms with Crippen LogP contribution in [0.5, 0.6) is 0 Å². The molecule has 3 heterocycles. The summed E-state index contributed by atoms with van der Waals surface area (Å²) in [5.74, 6) is 2.21. The molecule has 1 radical (unpaired) electrons. The van der Waals surface area contributed by atoms with Gasteiger partial charge < -0.3 is 17.3 Å². The topological polar surface area (TPSA) is 85.5 Å². The third-order valence-electron chi connectivity index (χ3n) is 5.21. The number of carbonyl (C=O) groups excluding carboxylic acids is 1. The first-order chi connectivity index (χ1) is 14.4. The van der Waals surface area contributed by atoms with Gasteiger partial charge in [-0.05, 0) is 31.3 Å². The van der Waals surface area contributed by atoms with E-state index in [0.717, 1.165) is 5.56 Å². The number of halogens is 2. The first kappa shape index (κ1) is 28.4. The summed E-state index contributed by atoms with van der Waals surface area (Å²) in [6, 6.07) is 2.97. The summed E-state index contributed by atoms with van der Waals surface area (Å²) in [4.78, 5) is 27.8. The van der Waals surface area contributed by atoms with Gasteiger partial charge in [0.15, 0.2) is 16.8 Å². The number of amidine groups is 1. The van der Waals surface area contributed by atoms with Crippen LogP contribution in [0, 0.1) is 78.9 Å². The van der Waals surface area contributed by atoms with Crippen LogP contribution in [-0.2, 0) is 4.79 Å². The number of pyridine rings is 2. The summed E-state index contributed by atoms with van der Waals surface area (Å²) in [5.41, 5.74) is 1.45. The fraction of sp³-hybridized carbons (Fsp3) is 0.333. The quantitative estimate of drug-likeness (QED) is 0.137. The maximum absolute atomic E-state index is 14.4. The van der Waals surface area contributed by atoms with E-state index in [4.69, 9.17) is 11.6 Å². The van der Waals surface area contributed by atoms with Crippen molar-refractivity contribution < 1.29 is 50.5 Å². The van der Waals surface area contributed by atoms with E-state index in [1.165, 1.54) is 11.0 Å². The molecule has 7 nitrogen and oxygen atoms in total. The minimum atomic E-state index is -0.714. The predicted octanol–water partition coefficient (Wildman–Crippen LogP) is 3.76. The molecule has 0 spiro atoms. The Bertz CT molecular complexity index is 1030. The van der Waals surface area contributed by atoms with Crippen LogP contribution in [0.1, 0.15) is 18.1 Å². The van der Waals surface area contributed by atoms with Crippen LogP contribution in [0.25, 0.3) is 0 Å². The molecule has 0 N–H and O–H groups in total. The standard InChI is InChI=1S/C20H20BClFN6O.CH3.Pr/c1-13-4-6-26-10-17(13)29(12-30)20-15(8-16(23)18(22)27-20)19(25-3)28-7-5-21(11-24)9-14(28)2;;/h4,6,8,12,14H,5,7,9H2,1-3H3;1H3;/q2*-1;. The fourth-order valence-electron chi connectivity index (χ4n) is 3.68. The Morgan fingerprint density at radius 2 is 2.28 bits per heavy atom. The molecule has 3 rings (SSSR count). The molecule has 0 saturated carbocycles. The van der Waals surface area contributed by atoms with Gasteiger partial charge in [0.05, 0.1) is 5.56 Å². The average Bonchev–Trinajstić information content (AvgIpc) is 2.74. The van der Waals surface area contributed by atoms with Crippen molar-refractivity contribution >= 4 is 42.1 Å². The number of amides is 1. The van der Waals surface area contributed by atoms with Gasteiger partial charge in [-0.1, -0.05) is 30.9 Å². The van der Waals surface area contributed by atoms with Gasteiger partial charge in [0.2, 0.25) is 6.41 Å². The maximum Gasteiger partial charge on any atom is 0.271 e. The molecule has 1 fully saturated rings. The van der Waals surface area contributed by atoms with Crippen LogP contribution in [-0.4, -0.2) is 53.5 Å². The summed E-state index contributed by atoms with van der Waals surface area (Å²) in [6.07, 6.45) is 6.26. The van der Waals surface area contributed by atoms with E-state index < -0.39 is 5.82 Å². The first-order valence-corrected chi connectivity index (χ1v) is 9.86. The Kier molecular flexibility index (Phi) is 11.2. The molecule has 0 bridgehead atoms. The summed E-state index contributed by atoms with van der Waals surface area (Å²) in [6.45, 7) is 4.34. The normalized spacial score (nSPS) is 15.9. The van der Waals surface area contributed by atoms with Crippen molar-refractivity contribution in [3.05, 3.63) is 54.1 Å². The van der Waals surface area contributed by atoms with Gasteiger partial charge in [0, 0.05) is 66.9 Å². The van der Waals surface area contributed by atoms with Crippen LogP contribution in [0.2, 0.25) is 17.8 Å². The molecule has 0 aliphatic carbocycles. The van der Waals surface area contributed by atoms with Crippen LogP contribution in [0.3, 0.4) is 0 Å². The Labute approximate surface area is 227 Å². The molecule has 1 aliphatic rings. The van der Waals surface area contributed by atoms with Gasteiger partial charge in [0.1, 0.15) is 5.84 Å². The maximum atomic E-state index is 14.4. The monoisotopic (exact) mass is 581 g/mol. The van der Waals surface area contributed by atoms with Gasteiger partial charge in [-0.15, -0.1) is 5.56 Å². The van der Waals surface area contributed by atoms with E-state index in [1.807, 2.05) is 11.8 Å². The molecular formula is C21H23BClFN6OPr-2. The molecule has 1 aliphatic heterocycles. The molecule has 1 amide bonds. The van der Waals surface area contributed by atoms with Crippen molar-refractivity contribution in [1.82, 2.24) is 14.9 Å². The van der Waals surface area contributed by atoms with Gasteiger partial charge in [-0.3, -0.25) is 14.7 Å². The van der Waals surface area contributed by atoms with Crippen LogP contribution >= 0.6 is 11.6 Å². The third kappa shape index (κ3) is 5.84. The number of aryl methyl sites for hydroxylation is 1. The number of hydrogen-bond acceptors (Lipinski definition) is 5. The average molecular weight is 582 g/mol. The SMILES string of the molecule is CN=C(c1cc(F)c(Cl)nc1N(C=O)c1[c-]nccc1C)N1CCB(C#N)CC1C.[CH3-].[Pr]. The number of nitrogens with zero attached hydrogens (tertiary/aromatic N) is 6. The number of anilines is 2. The van der Waals surface area contributed by atoms with Gasteiger partial charge in [-0.2, -0.15) is 6.07 Å². The number of aromatic nitrogens is 2. The molecule has 1 saturated heterocycles. The Morgan fingerprint density at radius 3 is 2.84 bits per heavy atom. The Hall–Kier alpha value is -1.62. The molecule has 165 valence electrons. The minimum absolute atomic E-state index is 0. The van der Waals surface area contributed by atoms with Crippen molar-refractivity contribution in [1.29, 1.82) is 5.26 Å². The Balaban J connectivity index is 0.00000256. The van der Waals surface area contributed by atoms with E-state index in [-0.39, 0.29) is 72.4 Å². The predicted molar refractivity (Wildman–Crippen MR) is 121 cm³/mol. The van der Waals surface area contributed by atoms with E-state index in [0.29, 0.717) is 42.7 Å². The molecule has 1 atom stereocenters. The zero-order valence-corrected chi connectivity index (χ0v) is 23.0. The summed E-state index contributed by atoms with van der Waals surface area (Å²) in [7, 11) is 1.60. The smallest absolute Gasteiger partial charge is 0.271 e. The van der Waals surface area contributed by atoms with E-state index in [1.54, 1.807) is 26.2 Å². The largest absolute Gasteiger partial charge is 0.392 e. The molecule has 2 aromatic rings. The van der Waals surface area contributed by atoms with Crippen LogP contribution < -0.4 is 4.90 Å². The Morgan fingerprint density at radius 1 is 1.56 bits per heavy atom. The summed E-state index contributed by atoms with van der Waals surface area (Å²) >= 11 is 5.97. The van der Waals surface area contributed by atoms with Crippen molar-refractivity contribution in [3.8, 4) is 5.97 Å². The van der Waals surface area contributed by atoms with Crippen molar-refractivity contribution in [3.63, 3.8) is 0 Å². The second-order valence-corrected chi connectivity index (χ2v) is 7.49. The van der Waals surface area contributed by atoms with Gasteiger partial charge >= 0.3 is 0 Å². The van der Waals surface area contributed by atoms with E-state index in [2.05, 4.69) is 27.1 Å². The molecular weight excluding hydrogens is 558 g/mol. The molecule has 32 heavy (non-hydrogen) atoms. The number of carbonyl (C=O) groups is 1. The third-order valence-corrected chi connectivity index (χ3v) is 5.48. The number of rotatable bonds is 4. The first-order valence-electron chi connectivity index (χ1n) is 9.48. The van der Waals surface area contributed by atoms with Crippen LogP contribution in [0.15, 0.2) is 23.3 Å². The molecule has 11 heteroatoms. The summed E-state index contributed by atoms with van der Waals surface area (Å²) < 4.78 is 14.4. The molecule has 0 aromatic carbocycles. The van der Waals surface area contributed by atoms with Crippen molar-refractivity contribution in [2.24, 2.45) is 4.99 Å². The molecule has 1 unspecified atom stereocenters. The second-order valence-electron chi connectivity index (χ2n) is 7.14. The number of aliphatic imine (C=N–C) groups is 1. The number of hydrogen-bond donors (Lipinski definition) is 0. The minimum Gasteiger partial charge on any atom is -0.392 e. The van der Waals surface area contributed by atoms with Crippen molar-refractivity contribution in [2.75, 3.05) is 18.5 Å². The van der Waals surface area contributed by atoms with E-state index in [9.17, 15) is 14.4 Å². The zero-order chi connectivity index (χ0) is 21.8. The fourth-order valence-corrected chi connectivity index (χ4v) is 3.81. The van der Waals surface area contributed by atoms with Crippen molar-refractivity contribution in [2.45, 2.75) is 32.5 Å². The van der Waals surface area contributed by atoms with Crippen LogP contribution in [0.4, 0.5) is 15.9 Å². The van der Waals surface area contributed by atoms with E-state index >= 15 is 0 Å². The summed E-state index contributed by atoms with van der Waals surface area (Å²) in [5, 5.41) is 8.89. The second kappa shape index (κ2) is 12.6. The van der Waals surface area contributed by atoms with Gasteiger partial charge in [0.25, 0.3) is 6.71 Å². The number of nitriles is 1.